The van der Waals surface area contributed by atoms with E-state index in [4.69, 9.17) is 10.5 Å². The number of nitrogens with two attached hydrogens (primary N) is 1. The number of methoxy groups -OCH3 is 1. The van der Waals surface area contributed by atoms with E-state index in [-0.39, 0.29) is 11.8 Å². The third kappa shape index (κ3) is 2.03. The van der Waals surface area contributed by atoms with Gasteiger partial charge in [0.25, 0.3) is 0 Å². The summed E-state index contributed by atoms with van der Waals surface area (Å²) in [6, 6.07) is 6.30. The molecule has 0 aliphatic heterocycles. The molecule has 0 aliphatic rings. The van der Waals surface area contributed by atoms with Gasteiger partial charge in [0, 0.05) is 0 Å². The van der Waals surface area contributed by atoms with E-state index in [0.29, 0.717) is 23.6 Å². The number of imidazole rings is 1. The first-order chi connectivity index (χ1) is 9.69. The molecule has 6 nitrogen and oxygen atoms in total. The number of nitrogens with zero attached hydrogens (tertiary/aromatic N) is 4. The lowest BCUT2D eigenvalue weighted by Crippen LogP contribution is -2.05. The number of halogens is 1. The average molecular weight is 273 g/mol. The van der Waals surface area contributed by atoms with Crippen LogP contribution in [0.2, 0.25) is 0 Å². The minimum atomic E-state index is -0.294. The molecule has 0 amide bonds. The molecule has 0 atom stereocenters. The van der Waals surface area contributed by atoms with Crippen LogP contribution in [0.4, 0.5) is 10.3 Å². The maximum absolute atomic E-state index is 13.2. The number of aromatic nitrogens is 4. The van der Waals surface area contributed by atoms with Crippen LogP contribution in [0.1, 0.15) is 5.56 Å². The monoisotopic (exact) mass is 273 g/mol. The van der Waals surface area contributed by atoms with Crippen LogP contribution in [0.5, 0.6) is 5.88 Å². The van der Waals surface area contributed by atoms with Crippen LogP contribution in [-0.4, -0.2) is 26.6 Å². The summed E-state index contributed by atoms with van der Waals surface area (Å²) < 4.78 is 20.0. The summed E-state index contributed by atoms with van der Waals surface area (Å²) in [5.41, 5.74) is 7.71. The molecule has 7 heteroatoms. The van der Waals surface area contributed by atoms with Crippen molar-refractivity contribution < 1.29 is 9.13 Å². The fourth-order valence-corrected chi connectivity index (χ4v) is 2.06. The highest BCUT2D eigenvalue weighted by Gasteiger charge is 2.14. The van der Waals surface area contributed by atoms with Crippen LogP contribution >= 0.6 is 0 Å². The molecular formula is C13H12FN5O. The third-order valence-corrected chi connectivity index (χ3v) is 2.95. The van der Waals surface area contributed by atoms with E-state index in [1.54, 1.807) is 10.6 Å². The van der Waals surface area contributed by atoms with E-state index in [9.17, 15) is 4.39 Å². The summed E-state index contributed by atoms with van der Waals surface area (Å²) in [4.78, 5) is 12.3. The zero-order chi connectivity index (χ0) is 14.1. The normalized spacial score (nSPS) is 10.9. The van der Waals surface area contributed by atoms with Gasteiger partial charge < -0.3 is 10.5 Å². The third-order valence-electron chi connectivity index (χ3n) is 2.95. The number of hydrogen-bond donors (Lipinski definition) is 1. The van der Waals surface area contributed by atoms with Gasteiger partial charge in [-0.2, -0.15) is 4.98 Å². The summed E-state index contributed by atoms with van der Waals surface area (Å²) in [5, 5.41) is 0. The second kappa shape index (κ2) is 4.76. The Hall–Kier alpha value is -2.70. The van der Waals surface area contributed by atoms with Crippen molar-refractivity contribution in [2.45, 2.75) is 6.54 Å². The Morgan fingerprint density at radius 1 is 1.35 bits per heavy atom. The van der Waals surface area contributed by atoms with E-state index in [1.807, 2.05) is 6.07 Å². The Morgan fingerprint density at radius 3 is 2.95 bits per heavy atom. The van der Waals surface area contributed by atoms with Crippen molar-refractivity contribution in [3.05, 3.63) is 42.0 Å². The predicted molar refractivity (Wildman–Crippen MR) is 71.8 cm³/mol. The molecule has 0 fully saturated rings. The van der Waals surface area contributed by atoms with Crippen LogP contribution in [0.25, 0.3) is 11.2 Å². The lowest BCUT2D eigenvalue weighted by molar-refractivity contribution is 0.401. The van der Waals surface area contributed by atoms with Gasteiger partial charge in [-0.05, 0) is 17.7 Å². The molecule has 1 aromatic carbocycles. The first-order valence-electron chi connectivity index (χ1n) is 5.94. The van der Waals surface area contributed by atoms with Gasteiger partial charge in [0.05, 0.1) is 13.7 Å². The van der Waals surface area contributed by atoms with Gasteiger partial charge in [-0.25, -0.2) is 14.4 Å². The van der Waals surface area contributed by atoms with Crippen LogP contribution in [0, 0.1) is 5.82 Å². The number of hydrogen-bond acceptors (Lipinski definition) is 5. The number of rotatable bonds is 3. The Bertz CT molecular complexity index is 771. The predicted octanol–water partition coefficient (Wildman–Crippen LogP) is 1.60. The van der Waals surface area contributed by atoms with Crippen molar-refractivity contribution in [1.82, 2.24) is 19.5 Å². The van der Waals surface area contributed by atoms with Gasteiger partial charge in [0.2, 0.25) is 11.8 Å². The van der Waals surface area contributed by atoms with Gasteiger partial charge in [0.1, 0.15) is 12.1 Å². The molecule has 0 radical (unpaired) electrons. The van der Waals surface area contributed by atoms with Crippen molar-refractivity contribution in [1.29, 1.82) is 0 Å². The second-order valence-electron chi connectivity index (χ2n) is 4.24. The van der Waals surface area contributed by atoms with Gasteiger partial charge >= 0.3 is 0 Å². The first-order valence-corrected chi connectivity index (χ1v) is 5.94. The molecule has 0 saturated heterocycles. The molecule has 0 saturated carbocycles. The second-order valence-corrected chi connectivity index (χ2v) is 4.24. The first kappa shape index (κ1) is 12.3. The number of benzene rings is 1. The molecular weight excluding hydrogens is 261 g/mol. The highest BCUT2D eigenvalue weighted by atomic mass is 19.1. The SMILES string of the molecule is COc1ncnc2c1nc(N)n2Cc1cccc(F)c1. The Kier molecular flexibility index (Phi) is 2.94. The highest BCUT2D eigenvalue weighted by molar-refractivity contribution is 5.79. The smallest absolute Gasteiger partial charge is 0.245 e. The molecule has 2 N–H and O–H groups in total. The zero-order valence-corrected chi connectivity index (χ0v) is 10.7. The summed E-state index contributed by atoms with van der Waals surface area (Å²) in [7, 11) is 1.50. The van der Waals surface area contributed by atoms with Crippen molar-refractivity contribution in [3.8, 4) is 5.88 Å². The molecule has 102 valence electrons. The molecule has 20 heavy (non-hydrogen) atoms. The Morgan fingerprint density at radius 2 is 2.20 bits per heavy atom. The van der Waals surface area contributed by atoms with Gasteiger partial charge in [-0.3, -0.25) is 4.57 Å². The van der Waals surface area contributed by atoms with E-state index >= 15 is 0 Å². The quantitative estimate of drug-likeness (QED) is 0.784. The standard InChI is InChI=1S/C13H12FN5O/c1-20-12-10-11(16-7-17-12)19(13(15)18-10)6-8-3-2-4-9(14)5-8/h2-5,7H,6H2,1H3,(H2,15,18). The average Bonchev–Trinajstić information content (AvgIpc) is 2.75. The van der Waals surface area contributed by atoms with E-state index < -0.39 is 0 Å². The topological polar surface area (TPSA) is 78.8 Å². The van der Waals surface area contributed by atoms with Crippen LogP contribution in [-0.2, 0) is 6.54 Å². The summed E-state index contributed by atoms with van der Waals surface area (Å²) in [6.07, 6.45) is 1.38. The van der Waals surface area contributed by atoms with E-state index in [1.165, 1.54) is 25.6 Å². The minimum Gasteiger partial charge on any atom is -0.479 e. The minimum absolute atomic E-state index is 0.281. The van der Waals surface area contributed by atoms with Gasteiger partial charge in [-0.1, -0.05) is 12.1 Å². The summed E-state index contributed by atoms with van der Waals surface area (Å²) in [5.74, 6) is 0.348. The molecule has 0 spiro atoms. The van der Waals surface area contributed by atoms with Crippen molar-refractivity contribution in [2.75, 3.05) is 12.8 Å². The zero-order valence-electron chi connectivity index (χ0n) is 10.7. The molecule has 2 heterocycles. The molecule has 3 aromatic rings. The van der Waals surface area contributed by atoms with Crippen molar-refractivity contribution in [2.24, 2.45) is 0 Å². The van der Waals surface area contributed by atoms with Crippen LogP contribution in [0.15, 0.2) is 30.6 Å². The fraction of sp³-hybridized carbons (Fsp3) is 0.154. The van der Waals surface area contributed by atoms with E-state index in [2.05, 4.69) is 15.0 Å². The number of anilines is 1. The maximum Gasteiger partial charge on any atom is 0.245 e. The molecule has 0 bridgehead atoms. The van der Waals surface area contributed by atoms with Gasteiger partial charge in [0.15, 0.2) is 11.2 Å². The Labute approximate surface area is 114 Å². The van der Waals surface area contributed by atoms with Crippen molar-refractivity contribution >= 4 is 17.1 Å². The summed E-state index contributed by atoms with van der Waals surface area (Å²) >= 11 is 0. The number of ether oxygens (including phenoxy) is 1. The lowest BCUT2D eigenvalue weighted by Gasteiger charge is -2.06. The van der Waals surface area contributed by atoms with Crippen molar-refractivity contribution in [3.63, 3.8) is 0 Å². The maximum atomic E-state index is 13.2. The fourth-order valence-electron chi connectivity index (χ4n) is 2.06. The van der Waals surface area contributed by atoms with Crippen LogP contribution in [0.3, 0.4) is 0 Å². The highest BCUT2D eigenvalue weighted by Crippen LogP contribution is 2.23. The lowest BCUT2D eigenvalue weighted by atomic mass is 10.2. The number of fused-ring (bicyclic) bond motifs is 1. The molecule has 3 rings (SSSR count). The van der Waals surface area contributed by atoms with E-state index in [0.717, 1.165) is 5.56 Å². The summed E-state index contributed by atoms with van der Waals surface area (Å²) in [6.45, 7) is 0.375. The largest absolute Gasteiger partial charge is 0.479 e. The molecule has 0 aliphatic carbocycles. The number of nitrogen functional groups attached to an aromatic ring is 1. The van der Waals surface area contributed by atoms with Gasteiger partial charge in [-0.15, -0.1) is 0 Å². The Balaban J connectivity index is 2.10. The van der Waals surface area contributed by atoms with Crippen LogP contribution < -0.4 is 10.5 Å². The molecule has 0 unspecified atom stereocenters. The molecule has 2 aromatic heterocycles.